The van der Waals surface area contributed by atoms with Crippen molar-refractivity contribution in [2.45, 2.75) is 19.0 Å². The fraction of sp³-hybridized carbons (Fsp3) is 0.389. The summed E-state index contributed by atoms with van der Waals surface area (Å²) in [4.78, 5) is 33.6. The van der Waals surface area contributed by atoms with Crippen molar-refractivity contribution < 1.29 is 0 Å². The fourth-order valence-corrected chi connectivity index (χ4v) is 3.59. The summed E-state index contributed by atoms with van der Waals surface area (Å²) in [5, 5.41) is 4.71. The predicted octanol–water partition coefficient (Wildman–Crippen LogP) is 0.329. The molecule has 3 aromatic heterocycles. The maximum Gasteiger partial charge on any atom is 0.332 e. The Morgan fingerprint density at radius 3 is 2.96 bits per heavy atom. The Morgan fingerprint density at radius 1 is 1.27 bits per heavy atom. The molecule has 136 valence electrons. The summed E-state index contributed by atoms with van der Waals surface area (Å²) in [5.74, 6) is 0.680. The van der Waals surface area contributed by atoms with Gasteiger partial charge in [-0.2, -0.15) is 0 Å². The first kappa shape index (κ1) is 16.6. The average molecular weight is 354 g/mol. The summed E-state index contributed by atoms with van der Waals surface area (Å²) >= 11 is 0. The van der Waals surface area contributed by atoms with Crippen LogP contribution in [0.3, 0.4) is 0 Å². The van der Waals surface area contributed by atoms with Gasteiger partial charge in [-0.3, -0.25) is 13.9 Å². The molecule has 3 aromatic rings. The Morgan fingerprint density at radius 2 is 2.12 bits per heavy atom. The zero-order valence-corrected chi connectivity index (χ0v) is 14.9. The molecule has 0 bridgehead atoms. The highest BCUT2D eigenvalue weighted by atomic mass is 16.2. The third-order valence-electron chi connectivity index (χ3n) is 5.14. The largest absolute Gasteiger partial charge is 0.356 e. The Hall–Kier alpha value is -2.87. The molecule has 4 rings (SSSR count). The number of hydrogen-bond acceptors (Lipinski definition) is 5. The molecule has 8 nitrogen and oxygen atoms in total. The maximum absolute atomic E-state index is 12.1. The van der Waals surface area contributed by atoms with E-state index in [-0.39, 0.29) is 11.2 Å². The van der Waals surface area contributed by atoms with Gasteiger partial charge in [0.25, 0.3) is 5.56 Å². The smallest absolute Gasteiger partial charge is 0.332 e. The summed E-state index contributed by atoms with van der Waals surface area (Å²) in [7, 11) is 3.21. The number of anilines is 1. The number of hydrogen-bond donors (Lipinski definition) is 2. The average Bonchev–Trinajstić information content (AvgIpc) is 3.30. The highest BCUT2D eigenvalue weighted by molar-refractivity contribution is 5.79. The molecule has 1 atom stereocenters. The van der Waals surface area contributed by atoms with Crippen LogP contribution in [0.15, 0.2) is 40.2 Å². The van der Waals surface area contributed by atoms with E-state index in [1.165, 1.54) is 23.2 Å². The molecule has 8 heteroatoms. The van der Waals surface area contributed by atoms with E-state index in [0.717, 1.165) is 41.7 Å². The second-order valence-electron chi connectivity index (χ2n) is 6.76. The first-order valence-corrected chi connectivity index (χ1v) is 8.71. The van der Waals surface area contributed by atoms with Crippen molar-refractivity contribution in [3.8, 4) is 0 Å². The zero-order valence-electron chi connectivity index (χ0n) is 14.9. The van der Waals surface area contributed by atoms with E-state index in [9.17, 15) is 9.59 Å². The maximum atomic E-state index is 12.1. The molecule has 26 heavy (non-hydrogen) atoms. The molecule has 0 aromatic carbocycles. The van der Waals surface area contributed by atoms with E-state index in [1.807, 2.05) is 24.5 Å². The van der Waals surface area contributed by atoms with Gasteiger partial charge in [0, 0.05) is 63.6 Å². The van der Waals surface area contributed by atoms with Crippen LogP contribution in [0, 0.1) is 0 Å². The number of pyridine rings is 1. The molecule has 0 spiro atoms. The Labute approximate surface area is 150 Å². The van der Waals surface area contributed by atoms with E-state index < -0.39 is 0 Å². The van der Waals surface area contributed by atoms with E-state index in [0.29, 0.717) is 11.9 Å². The number of H-pyrrole nitrogens is 1. The Bertz CT molecular complexity index is 1060. The van der Waals surface area contributed by atoms with Crippen LogP contribution in [0.4, 0.5) is 5.82 Å². The molecule has 0 radical (unpaired) electrons. The minimum Gasteiger partial charge on any atom is -0.356 e. The lowest BCUT2D eigenvalue weighted by Crippen LogP contribution is -2.40. The Balaban J connectivity index is 1.47. The van der Waals surface area contributed by atoms with E-state index in [1.54, 1.807) is 7.05 Å². The van der Waals surface area contributed by atoms with Crippen LogP contribution in [0.2, 0.25) is 0 Å². The number of rotatable bonds is 4. The van der Waals surface area contributed by atoms with Crippen molar-refractivity contribution in [3.05, 3.63) is 57.0 Å². The molecule has 1 fully saturated rings. The van der Waals surface area contributed by atoms with Crippen molar-refractivity contribution >= 4 is 16.9 Å². The van der Waals surface area contributed by atoms with E-state index in [4.69, 9.17) is 0 Å². The number of aromatic nitrogens is 4. The van der Waals surface area contributed by atoms with Gasteiger partial charge in [-0.15, -0.1) is 0 Å². The van der Waals surface area contributed by atoms with Crippen LogP contribution < -0.4 is 21.5 Å². The van der Waals surface area contributed by atoms with Crippen molar-refractivity contribution in [2.24, 2.45) is 14.1 Å². The summed E-state index contributed by atoms with van der Waals surface area (Å²) in [6.45, 7) is 2.33. The summed E-state index contributed by atoms with van der Waals surface area (Å²) < 4.78 is 2.66. The highest BCUT2D eigenvalue weighted by Gasteiger charge is 2.24. The normalized spacial score (nSPS) is 17.3. The third kappa shape index (κ3) is 2.82. The first-order chi connectivity index (χ1) is 12.5. The molecule has 1 saturated heterocycles. The van der Waals surface area contributed by atoms with Gasteiger partial charge in [0.15, 0.2) is 0 Å². The van der Waals surface area contributed by atoms with Gasteiger partial charge < -0.3 is 15.2 Å². The summed E-state index contributed by atoms with van der Waals surface area (Å²) in [5.41, 5.74) is 1.53. The van der Waals surface area contributed by atoms with Crippen molar-refractivity contribution in [2.75, 3.05) is 18.0 Å². The van der Waals surface area contributed by atoms with Crippen molar-refractivity contribution in [3.63, 3.8) is 0 Å². The number of fused-ring (bicyclic) bond motifs is 1. The molecule has 1 aliphatic heterocycles. The SMILES string of the molecule is Cn1c(N2CC[C@@H](NCc3ccnc4[nH]ccc34)C2)cc(=O)n(C)c1=O. The van der Waals surface area contributed by atoms with Crippen molar-refractivity contribution in [1.82, 2.24) is 24.4 Å². The van der Waals surface area contributed by atoms with Crippen molar-refractivity contribution in [1.29, 1.82) is 0 Å². The molecular weight excluding hydrogens is 332 g/mol. The molecule has 4 heterocycles. The molecule has 0 unspecified atom stereocenters. The predicted molar refractivity (Wildman–Crippen MR) is 100 cm³/mol. The second-order valence-corrected chi connectivity index (χ2v) is 6.76. The van der Waals surface area contributed by atoms with E-state index >= 15 is 0 Å². The van der Waals surface area contributed by atoms with Crippen LogP contribution in [-0.2, 0) is 20.6 Å². The van der Waals surface area contributed by atoms with Crippen LogP contribution in [0.5, 0.6) is 0 Å². The molecular formula is C18H22N6O2. The van der Waals surface area contributed by atoms with Crippen LogP contribution in [-0.4, -0.2) is 38.2 Å². The number of nitrogens with zero attached hydrogens (tertiary/aromatic N) is 4. The molecule has 1 aliphatic rings. The quantitative estimate of drug-likeness (QED) is 0.705. The van der Waals surface area contributed by atoms with Crippen LogP contribution in [0.25, 0.3) is 11.0 Å². The molecule has 0 saturated carbocycles. The molecule has 0 aliphatic carbocycles. The van der Waals surface area contributed by atoms with Gasteiger partial charge in [-0.1, -0.05) is 0 Å². The highest BCUT2D eigenvalue weighted by Crippen LogP contribution is 2.19. The lowest BCUT2D eigenvalue weighted by Gasteiger charge is -2.21. The van der Waals surface area contributed by atoms with Gasteiger partial charge >= 0.3 is 5.69 Å². The topological polar surface area (TPSA) is 87.9 Å². The van der Waals surface area contributed by atoms with E-state index in [2.05, 4.69) is 20.2 Å². The number of nitrogens with one attached hydrogen (secondary N) is 2. The van der Waals surface area contributed by atoms with Gasteiger partial charge in [0.1, 0.15) is 11.5 Å². The van der Waals surface area contributed by atoms with Gasteiger partial charge in [0.2, 0.25) is 0 Å². The van der Waals surface area contributed by atoms with Gasteiger partial charge in [0.05, 0.1) is 0 Å². The molecule has 2 N–H and O–H groups in total. The van der Waals surface area contributed by atoms with Gasteiger partial charge in [-0.05, 0) is 24.1 Å². The standard InChI is InChI=1S/C18H22N6O2/c1-22-15(9-16(25)23(2)18(22)26)24-8-5-13(11-24)21-10-12-3-6-19-17-14(12)4-7-20-17/h3-4,6-7,9,13,21H,5,8,10-11H2,1-2H3,(H,19,20)/t13-/m1/s1. The minimum absolute atomic E-state index is 0.272. The lowest BCUT2D eigenvalue weighted by atomic mass is 10.1. The molecule has 0 amide bonds. The Kier molecular flexibility index (Phi) is 4.12. The third-order valence-corrected chi connectivity index (χ3v) is 5.14. The summed E-state index contributed by atoms with van der Waals surface area (Å²) in [6.07, 6.45) is 4.67. The van der Waals surface area contributed by atoms with Crippen LogP contribution in [0.1, 0.15) is 12.0 Å². The zero-order chi connectivity index (χ0) is 18.3. The minimum atomic E-state index is -0.296. The lowest BCUT2D eigenvalue weighted by molar-refractivity contribution is 0.551. The fourth-order valence-electron chi connectivity index (χ4n) is 3.59. The summed E-state index contributed by atoms with van der Waals surface area (Å²) in [6, 6.07) is 5.91. The first-order valence-electron chi connectivity index (χ1n) is 8.71. The number of aromatic amines is 1. The monoisotopic (exact) mass is 354 g/mol. The van der Waals surface area contributed by atoms with Gasteiger partial charge in [-0.25, -0.2) is 9.78 Å². The van der Waals surface area contributed by atoms with Crippen LogP contribution >= 0.6 is 0 Å². The second kappa shape index (κ2) is 6.45.